The van der Waals surface area contributed by atoms with Gasteiger partial charge in [0.05, 0.1) is 5.69 Å². The van der Waals surface area contributed by atoms with Gasteiger partial charge in [-0.25, -0.2) is 4.39 Å². The van der Waals surface area contributed by atoms with E-state index in [1.807, 2.05) is 12.1 Å². The zero-order valence-corrected chi connectivity index (χ0v) is 15.4. The van der Waals surface area contributed by atoms with Gasteiger partial charge in [-0.2, -0.15) is 0 Å². The van der Waals surface area contributed by atoms with Crippen LogP contribution in [0.2, 0.25) is 0 Å². The SMILES string of the molecule is CN(CCc1ccncc1)C(=O)c1ccc(C(=O)Nc2ccccc2F)cc1. The predicted molar refractivity (Wildman–Crippen MR) is 106 cm³/mol. The molecule has 3 aromatic rings. The second-order valence-corrected chi connectivity index (χ2v) is 6.34. The molecule has 1 aromatic heterocycles. The molecule has 0 unspecified atom stereocenters. The number of hydrogen-bond acceptors (Lipinski definition) is 3. The molecule has 0 fully saturated rings. The van der Waals surface area contributed by atoms with E-state index in [2.05, 4.69) is 10.3 Å². The van der Waals surface area contributed by atoms with E-state index in [9.17, 15) is 14.0 Å². The van der Waals surface area contributed by atoms with Crippen LogP contribution in [0.1, 0.15) is 26.3 Å². The van der Waals surface area contributed by atoms with Crippen LogP contribution >= 0.6 is 0 Å². The van der Waals surface area contributed by atoms with Crippen LogP contribution in [0.4, 0.5) is 10.1 Å². The van der Waals surface area contributed by atoms with Gasteiger partial charge in [0.1, 0.15) is 5.82 Å². The highest BCUT2D eigenvalue weighted by molar-refractivity contribution is 6.05. The Morgan fingerprint density at radius 3 is 2.29 bits per heavy atom. The second-order valence-electron chi connectivity index (χ2n) is 6.34. The van der Waals surface area contributed by atoms with Crippen LogP contribution in [0.3, 0.4) is 0 Å². The Hall–Kier alpha value is -3.54. The van der Waals surface area contributed by atoms with E-state index in [-0.39, 0.29) is 11.6 Å². The molecule has 0 aliphatic rings. The van der Waals surface area contributed by atoms with Crippen molar-refractivity contribution in [2.24, 2.45) is 0 Å². The molecule has 0 bridgehead atoms. The number of hydrogen-bond donors (Lipinski definition) is 1. The minimum absolute atomic E-state index is 0.114. The van der Waals surface area contributed by atoms with Gasteiger partial charge in [-0.15, -0.1) is 0 Å². The maximum atomic E-state index is 13.7. The fraction of sp³-hybridized carbons (Fsp3) is 0.136. The molecule has 0 saturated heterocycles. The fourth-order valence-corrected chi connectivity index (χ4v) is 2.69. The van der Waals surface area contributed by atoms with Gasteiger partial charge in [0.2, 0.25) is 0 Å². The number of nitrogens with one attached hydrogen (secondary N) is 1. The third kappa shape index (κ3) is 4.79. The normalized spacial score (nSPS) is 10.4. The lowest BCUT2D eigenvalue weighted by Crippen LogP contribution is -2.28. The van der Waals surface area contributed by atoms with Gasteiger partial charge in [-0.05, 0) is 60.5 Å². The number of carbonyl (C=O) groups excluding carboxylic acids is 2. The molecule has 0 atom stereocenters. The summed E-state index contributed by atoms with van der Waals surface area (Å²) in [5.41, 5.74) is 2.05. The van der Waals surface area contributed by atoms with Gasteiger partial charge in [0.25, 0.3) is 11.8 Å². The Morgan fingerprint density at radius 2 is 1.61 bits per heavy atom. The lowest BCUT2D eigenvalue weighted by molar-refractivity contribution is 0.0796. The van der Waals surface area contributed by atoms with Crippen molar-refractivity contribution in [3.63, 3.8) is 0 Å². The summed E-state index contributed by atoms with van der Waals surface area (Å²) >= 11 is 0. The number of nitrogens with zero attached hydrogens (tertiary/aromatic N) is 2. The van der Waals surface area contributed by atoms with Crippen LogP contribution in [-0.4, -0.2) is 35.3 Å². The quantitative estimate of drug-likeness (QED) is 0.711. The third-order valence-electron chi connectivity index (χ3n) is 4.35. The molecule has 0 spiro atoms. The molecular formula is C22H20FN3O2. The molecule has 6 heteroatoms. The number of aromatic nitrogens is 1. The van der Waals surface area contributed by atoms with E-state index < -0.39 is 11.7 Å². The first kappa shape index (κ1) is 19.2. The van der Waals surface area contributed by atoms with Crippen LogP contribution in [0.15, 0.2) is 73.1 Å². The van der Waals surface area contributed by atoms with Gasteiger partial charge in [-0.1, -0.05) is 12.1 Å². The topological polar surface area (TPSA) is 62.3 Å². The zero-order valence-electron chi connectivity index (χ0n) is 15.4. The number of benzene rings is 2. The summed E-state index contributed by atoms with van der Waals surface area (Å²) in [4.78, 5) is 30.4. The standard InChI is InChI=1S/C22H20FN3O2/c1-26(15-12-16-10-13-24-14-11-16)22(28)18-8-6-17(7-9-18)21(27)25-20-5-3-2-4-19(20)23/h2-11,13-14H,12,15H2,1H3,(H,25,27). The van der Waals surface area contributed by atoms with Crippen LogP contribution < -0.4 is 5.32 Å². The van der Waals surface area contributed by atoms with Crippen molar-refractivity contribution in [2.75, 3.05) is 18.9 Å². The lowest BCUT2D eigenvalue weighted by Gasteiger charge is -2.17. The molecule has 2 aromatic carbocycles. The number of amides is 2. The first-order chi connectivity index (χ1) is 13.5. The molecule has 0 saturated carbocycles. The van der Waals surface area contributed by atoms with Crippen molar-refractivity contribution in [3.05, 3.63) is 95.6 Å². The highest BCUT2D eigenvalue weighted by atomic mass is 19.1. The molecule has 2 amide bonds. The van der Waals surface area contributed by atoms with Crippen molar-refractivity contribution in [1.29, 1.82) is 0 Å². The Bertz CT molecular complexity index is 959. The Kier molecular flexibility index (Phi) is 6.11. The minimum Gasteiger partial charge on any atom is -0.341 e. The number of para-hydroxylation sites is 1. The highest BCUT2D eigenvalue weighted by Crippen LogP contribution is 2.15. The zero-order chi connectivity index (χ0) is 19.9. The Labute approximate surface area is 162 Å². The average molecular weight is 377 g/mol. The van der Waals surface area contributed by atoms with E-state index >= 15 is 0 Å². The fourth-order valence-electron chi connectivity index (χ4n) is 2.69. The van der Waals surface area contributed by atoms with Crippen molar-refractivity contribution in [3.8, 4) is 0 Å². The van der Waals surface area contributed by atoms with E-state index in [4.69, 9.17) is 0 Å². The smallest absolute Gasteiger partial charge is 0.255 e. The van der Waals surface area contributed by atoms with Gasteiger partial charge in [0, 0.05) is 37.1 Å². The van der Waals surface area contributed by atoms with E-state index in [1.165, 1.54) is 12.1 Å². The van der Waals surface area contributed by atoms with Crippen molar-refractivity contribution in [2.45, 2.75) is 6.42 Å². The van der Waals surface area contributed by atoms with E-state index in [0.717, 1.165) is 12.0 Å². The summed E-state index contributed by atoms with van der Waals surface area (Å²) in [7, 11) is 1.74. The van der Waals surface area contributed by atoms with Gasteiger partial charge in [-0.3, -0.25) is 14.6 Å². The first-order valence-corrected chi connectivity index (χ1v) is 8.85. The summed E-state index contributed by atoms with van der Waals surface area (Å²) in [5, 5.41) is 2.52. The van der Waals surface area contributed by atoms with Crippen molar-refractivity contribution < 1.29 is 14.0 Å². The summed E-state index contributed by atoms with van der Waals surface area (Å²) in [6.45, 7) is 0.568. The monoisotopic (exact) mass is 377 g/mol. The molecule has 1 heterocycles. The van der Waals surface area contributed by atoms with Gasteiger partial charge < -0.3 is 10.2 Å². The van der Waals surface area contributed by atoms with Gasteiger partial charge >= 0.3 is 0 Å². The number of pyridine rings is 1. The largest absolute Gasteiger partial charge is 0.341 e. The predicted octanol–water partition coefficient (Wildman–Crippen LogP) is 3.79. The van der Waals surface area contributed by atoms with Crippen LogP contribution in [0, 0.1) is 5.82 Å². The molecular weight excluding hydrogens is 357 g/mol. The molecule has 142 valence electrons. The van der Waals surface area contributed by atoms with Crippen molar-refractivity contribution >= 4 is 17.5 Å². The summed E-state index contributed by atoms with van der Waals surface area (Å²) in [6, 6.07) is 16.1. The number of rotatable bonds is 6. The molecule has 28 heavy (non-hydrogen) atoms. The molecule has 3 rings (SSSR count). The third-order valence-corrected chi connectivity index (χ3v) is 4.35. The Balaban J connectivity index is 1.60. The molecule has 5 nitrogen and oxygen atoms in total. The number of carbonyl (C=O) groups is 2. The summed E-state index contributed by atoms with van der Waals surface area (Å²) in [6.07, 6.45) is 4.18. The molecule has 1 N–H and O–H groups in total. The number of likely N-dealkylation sites (N-methyl/N-ethyl adjacent to an activating group) is 1. The summed E-state index contributed by atoms with van der Waals surface area (Å²) in [5.74, 6) is -1.07. The van der Waals surface area contributed by atoms with Crippen LogP contribution in [-0.2, 0) is 6.42 Å². The van der Waals surface area contributed by atoms with Crippen molar-refractivity contribution in [1.82, 2.24) is 9.88 Å². The summed E-state index contributed by atoms with van der Waals surface area (Å²) < 4.78 is 13.7. The second kappa shape index (κ2) is 8.90. The van der Waals surface area contributed by atoms with E-state index in [1.54, 1.807) is 60.7 Å². The lowest BCUT2D eigenvalue weighted by atomic mass is 10.1. The molecule has 0 aliphatic heterocycles. The molecule has 0 radical (unpaired) electrons. The average Bonchev–Trinajstić information content (AvgIpc) is 2.74. The molecule has 0 aliphatic carbocycles. The highest BCUT2D eigenvalue weighted by Gasteiger charge is 2.14. The van der Waals surface area contributed by atoms with E-state index in [0.29, 0.717) is 17.7 Å². The first-order valence-electron chi connectivity index (χ1n) is 8.85. The maximum Gasteiger partial charge on any atom is 0.255 e. The van der Waals surface area contributed by atoms with Gasteiger partial charge in [0.15, 0.2) is 0 Å². The maximum absolute atomic E-state index is 13.7. The number of anilines is 1. The Morgan fingerprint density at radius 1 is 0.964 bits per heavy atom. The minimum atomic E-state index is -0.501. The van der Waals surface area contributed by atoms with Crippen LogP contribution in [0.5, 0.6) is 0 Å². The number of halogens is 1. The van der Waals surface area contributed by atoms with Crippen LogP contribution in [0.25, 0.3) is 0 Å².